The van der Waals surface area contributed by atoms with E-state index in [1.165, 1.54) is 6.07 Å². The van der Waals surface area contributed by atoms with Gasteiger partial charge in [0.2, 0.25) is 0 Å². The van der Waals surface area contributed by atoms with Crippen molar-refractivity contribution in [3.05, 3.63) is 40.6 Å². The first-order valence-electron chi connectivity index (χ1n) is 9.76. The van der Waals surface area contributed by atoms with Gasteiger partial charge in [0, 0.05) is 38.4 Å². The van der Waals surface area contributed by atoms with Gasteiger partial charge in [-0.25, -0.2) is 9.59 Å². The van der Waals surface area contributed by atoms with E-state index in [2.05, 4.69) is 9.88 Å². The molecule has 1 aliphatic heterocycles. The van der Waals surface area contributed by atoms with Crippen LogP contribution in [0.5, 0.6) is 0 Å². The van der Waals surface area contributed by atoms with E-state index in [1.807, 2.05) is 20.8 Å². The van der Waals surface area contributed by atoms with Crippen LogP contribution < -0.4 is 4.90 Å². The highest BCUT2D eigenvalue weighted by Crippen LogP contribution is 2.32. The number of piperazine rings is 1. The molecule has 10 nitrogen and oxygen atoms in total. The molecule has 1 saturated heterocycles. The molecule has 33 heavy (non-hydrogen) atoms. The third-order valence-corrected chi connectivity index (χ3v) is 4.44. The number of fused-ring (bicyclic) bond motifs is 1. The van der Waals surface area contributed by atoms with Crippen LogP contribution in [0.2, 0.25) is 0 Å². The minimum atomic E-state index is -5.08. The summed E-state index contributed by atoms with van der Waals surface area (Å²) in [4.78, 5) is 40.1. The number of aliphatic carboxylic acids is 1. The van der Waals surface area contributed by atoms with Crippen LogP contribution in [0, 0.1) is 10.1 Å². The number of rotatable bonds is 2. The summed E-state index contributed by atoms with van der Waals surface area (Å²) >= 11 is 0. The number of carboxylic acids is 1. The monoisotopic (exact) mass is 472 g/mol. The van der Waals surface area contributed by atoms with Crippen LogP contribution in [-0.2, 0) is 9.53 Å². The Kier molecular flexibility index (Phi) is 7.67. The number of nitrogens with zero attached hydrogens (tertiary/aromatic N) is 4. The molecule has 0 radical (unpaired) electrons. The molecule has 1 aromatic heterocycles. The summed E-state index contributed by atoms with van der Waals surface area (Å²) in [6, 6.07) is 6.65. The second-order valence-corrected chi connectivity index (χ2v) is 8.02. The molecule has 3 rings (SSSR count). The van der Waals surface area contributed by atoms with Gasteiger partial charge in [0.15, 0.2) is 0 Å². The number of benzene rings is 1. The molecule has 0 bridgehead atoms. The number of hydrogen-bond donors (Lipinski definition) is 1. The number of alkyl halides is 3. The van der Waals surface area contributed by atoms with Gasteiger partial charge in [0.25, 0.3) is 5.69 Å². The van der Waals surface area contributed by atoms with E-state index < -0.39 is 22.7 Å². The maximum Gasteiger partial charge on any atom is 0.490 e. The van der Waals surface area contributed by atoms with E-state index in [1.54, 1.807) is 29.3 Å². The summed E-state index contributed by atoms with van der Waals surface area (Å²) in [6.07, 6.45) is -3.77. The van der Waals surface area contributed by atoms with Crippen molar-refractivity contribution >= 4 is 34.3 Å². The maximum absolute atomic E-state index is 12.2. The Labute approximate surface area is 186 Å². The third kappa shape index (κ3) is 6.92. The smallest absolute Gasteiger partial charge is 0.475 e. The molecule has 0 unspecified atom stereocenters. The van der Waals surface area contributed by atoms with E-state index in [0.717, 1.165) is 5.69 Å². The Bertz CT molecular complexity index is 1030. The van der Waals surface area contributed by atoms with Gasteiger partial charge in [0.1, 0.15) is 11.1 Å². The maximum atomic E-state index is 12.2. The number of carbonyl (C=O) groups is 2. The average molecular weight is 472 g/mol. The highest BCUT2D eigenvalue weighted by atomic mass is 19.4. The van der Waals surface area contributed by atoms with Crippen LogP contribution >= 0.6 is 0 Å². The van der Waals surface area contributed by atoms with Crippen molar-refractivity contribution in [1.29, 1.82) is 0 Å². The number of nitro benzene ring substituents is 1. The molecule has 180 valence electrons. The van der Waals surface area contributed by atoms with E-state index >= 15 is 0 Å². The second-order valence-electron chi connectivity index (χ2n) is 8.02. The van der Waals surface area contributed by atoms with Crippen molar-refractivity contribution in [3.63, 3.8) is 0 Å². The highest BCUT2D eigenvalue weighted by Gasteiger charge is 2.38. The van der Waals surface area contributed by atoms with Gasteiger partial charge in [-0.2, -0.15) is 13.2 Å². The van der Waals surface area contributed by atoms with E-state index in [0.29, 0.717) is 37.1 Å². The number of anilines is 1. The van der Waals surface area contributed by atoms with Crippen LogP contribution in [0.25, 0.3) is 10.9 Å². The zero-order chi connectivity index (χ0) is 25.0. The Morgan fingerprint density at radius 1 is 1.12 bits per heavy atom. The fourth-order valence-electron chi connectivity index (χ4n) is 3.01. The normalized spacial score (nSPS) is 14.4. The zero-order valence-corrected chi connectivity index (χ0v) is 18.1. The number of amides is 1. The Balaban J connectivity index is 0.000000479. The summed E-state index contributed by atoms with van der Waals surface area (Å²) in [5.74, 6) is -2.76. The van der Waals surface area contributed by atoms with Gasteiger partial charge < -0.3 is 19.6 Å². The predicted octanol–water partition coefficient (Wildman–Crippen LogP) is 3.83. The summed E-state index contributed by atoms with van der Waals surface area (Å²) in [7, 11) is 0. The number of halogens is 3. The molecule has 0 saturated carbocycles. The lowest BCUT2D eigenvalue weighted by Crippen LogP contribution is -2.50. The fraction of sp³-hybridized carbons (Fsp3) is 0.450. The summed E-state index contributed by atoms with van der Waals surface area (Å²) in [6.45, 7) is 7.81. The van der Waals surface area contributed by atoms with Crippen LogP contribution in [0.4, 0.5) is 29.3 Å². The van der Waals surface area contributed by atoms with Crippen molar-refractivity contribution in [2.45, 2.75) is 32.5 Å². The number of aromatic nitrogens is 1. The number of nitro groups is 1. The average Bonchev–Trinajstić information content (AvgIpc) is 2.71. The Morgan fingerprint density at radius 3 is 2.18 bits per heavy atom. The van der Waals surface area contributed by atoms with Gasteiger partial charge in [-0.1, -0.05) is 0 Å². The van der Waals surface area contributed by atoms with Gasteiger partial charge in [-0.15, -0.1) is 0 Å². The SMILES string of the molecule is CC(C)(C)OC(=O)N1CCN(c2ccc([N+](=O)[O-])c3cccnc23)CC1.O=C(O)C(F)(F)F. The lowest BCUT2D eigenvalue weighted by Gasteiger charge is -2.36. The van der Waals surface area contributed by atoms with E-state index in [9.17, 15) is 28.1 Å². The molecule has 2 aromatic rings. The summed E-state index contributed by atoms with van der Waals surface area (Å²) in [5, 5.41) is 18.9. The van der Waals surface area contributed by atoms with Crippen molar-refractivity contribution in [2.24, 2.45) is 0 Å². The highest BCUT2D eigenvalue weighted by molar-refractivity contribution is 5.97. The number of non-ortho nitro benzene ring substituents is 1. The van der Waals surface area contributed by atoms with Crippen LogP contribution in [0.1, 0.15) is 20.8 Å². The molecule has 1 N–H and O–H groups in total. The summed E-state index contributed by atoms with van der Waals surface area (Å²) < 4.78 is 37.1. The Morgan fingerprint density at radius 2 is 1.70 bits per heavy atom. The van der Waals surface area contributed by atoms with Gasteiger partial charge in [0.05, 0.1) is 16.0 Å². The molecule has 1 fully saturated rings. The van der Waals surface area contributed by atoms with Crippen molar-refractivity contribution in [2.75, 3.05) is 31.1 Å². The van der Waals surface area contributed by atoms with Gasteiger partial charge in [-0.3, -0.25) is 15.1 Å². The largest absolute Gasteiger partial charge is 0.490 e. The van der Waals surface area contributed by atoms with Gasteiger partial charge >= 0.3 is 18.2 Å². The quantitative estimate of drug-likeness (QED) is 0.516. The molecule has 0 spiro atoms. The third-order valence-electron chi connectivity index (χ3n) is 4.44. The lowest BCUT2D eigenvalue weighted by molar-refractivity contribution is -0.383. The minimum absolute atomic E-state index is 0.0456. The first kappa shape index (κ1) is 25.6. The van der Waals surface area contributed by atoms with Gasteiger partial charge in [-0.05, 0) is 39.0 Å². The first-order valence-corrected chi connectivity index (χ1v) is 9.76. The molecular weight excluding hydrogens is 449 g/mol. The standard InChI is InChI=1S/C18H22N4O4.C2HF3O2/c1-18(2,3)26-17(23)21-11-9-20(10-12-21)15-7-6-14(22(24)25)13-5-4-8-19-16(13)15;3-2(4,5)1(6)7/h4-8H,9-12H2,1-3H3;(H,6,7). The van der Waals surface area contributed by atoms with Crippen LogP contribution in [0.15, 0.2) is 30.5 Å². The minimum Gasteiger partial charge on any atom is -0.475 e. The molecule has 1 aromatic carbocycles. The molecular formula is C20H23F3N4O6. The van der Waals surface area contributed by atoms with E-state index in [4.69, 9.17) is 14.6 Å². The molecule has 1 aliphatic rings. The number of ether oxygens (including phenoxy) is 1. The number of pyridine rings is 1. The molecule has 0 atom stereocenters. The lowest BCUT2D eigenvalue weighted by atomic mass is 10.1. The first-order chi connectivity index (χ1) is 15.2. The molecule has 13 heteroatoms. The second kappa shape index (κ2) is 9.88. The zero-order valence-electron chi connectivity index (χ0n) is 18.1. The number of carbonyl (C=O) groups excluding carboxylic acids is 1. The van der Waals surface area contributed by atoms with Crippen LogP contribution in [0.3, 0.4) is 0 Å². The van der Waals surface area contributed by atoms with Crippen molar-refractivity contribution < 1.29 is 37.5 Å². The summed E-state index contributed by atoms with van der Waals surface area (Å²) in [5.41, 5.74) is 0.971. The van der Waals surface area contributed by atoms with Crippen LogP contribution in [-0.4, -0.2) is 69.9 Å². The van der Waals surface area contributed by atoms with Crippen molar-refractivity contribution in [1.82, 2.24) is 9.88 Å². The topological polar surface area (TPSA) is 126 Å². The Hall–Kier alpha value is -3.64. The predicted molar refractivity (Wildman–Crippen MR) is 112 cm³/mol. The molecule has 2 heterocycles. The molecule has 0 aliphatic carbocycles. The van der Waals surface area contributed by atoms with Crippen molar-refractivity contribution in [3.8, 4) is 0 Å². The fourth-order valence-corrected chi connectivity index (χ4v) is 3.01. The molecule has 1 amide bonds. The van der Waals surface area contributed by atoms with E-state index in [-0.39, 0.29) is 11.8 Å². The number of carboxylic acid groups (broad SMARTS) is 1. The number of hydrogen-bond acceptors (Lipinski definition) is 7.